The van der Waals surface area contributed by atoms with Crippen molar-refractivity contribution in [1.82, 2.24) is 20.0 Å². The Kier molecular flexibility index (Phi) is 3.44. The second-order valence-electron chi connectivity index (χ2n) is 4.75. The van der Waals surface area contributed by atoms with Gasteiger partial charge < -0.3 is 14.9 Å². The second-order valence-corrected chi connectivity index (χ2v) is 4.75. The highest BCUT2D eigenvalue weighted by Crippen LogP contribution is 2.20. The lowest BCUT2D eigenvalue weighted by atomic mass is 10.2. The molecular formula is C11H18N4O2. The molecule has 2 unspecified atom stereocenters. The lowest BCUT2D eigenvalue weighted by molar-refractivity contribution is 0.0699. The number of rotatable bonds is 3. The van der Waals surface area contributed by atoms with Crippen LogP contribution in [0, 0.1) is 0 Å². The molecule has 1 amide bonds. The van der Waals surface area contributed by atoms with E-state index in [1.807, 2.05) is 19.0 Å². The predicted molar refractivity (Wildman–Crippen MR) is 62.6 cm³/mol. The van der Waals surface area contributed by atoms with Crippen molar-refractivity contribution in [1.29, 1.82) is 0 Å². The van der Waals surface area contributed by atoms with E-state index in [4.69, 9.17) is 0 Å². The molecule has 0 saturated carbocycles. The zero-order valence-electron chi connectivity index (χ0n) is 10.1. The maximum absolute atomic E-state index is 12.2. The molecule has 1 aliphatic heterocycles. The first-order valence-electron chi connectivity index (χ1n) is 5.70. The van der Waals surface area contributed by atoms with E-state index in [9.17, 15) is 9.90 Å². The van der Waals surface area contributed by atoms with Gasteiger partial charge in [-0.15, -0.1) is 0 Å². The van der Waals surface area contributed by atoms with Crippen LogP contribution < -0.4 is 0 Å². The van der Waals surface area contributed by atoms with Crippen molar-refractivity contribution in [2.45, 2.75) is 18.6 Å². The van der Waals surface area contributed by atoms with Crippen molar-refractivity contribution in [3.63, 3.8) is 0 Å². The third-order valence-electron chi connectivity index (χ3n) is 2.97. The topological polar surface area (TPSA) is 72.5 Å². The Morgan fingerprint density at radius 3 is 3.06 bits per heavy atom. The minimum atomic E-state index is -0.421. The summed E-state index contributed by atoms with van der Waals surface area (Å²) in [7, 11) is 3.93. The van der Waals surface area contributed by atoms with Gasteiger partial charge in [0.1, 0.15) is 0 Å². The van der Waals surface area contributed by atoms with Crippen LogP contribution >= 0.6 is 0 Å². The van der Waals surface area contributed by atoms with Crippen LogP contribution in [-0.2, 0) is 0 Å². The molecule has 6 heteroatoms. The second kappa shape index (κ2) is 4.85. The number of amides is 1. The fourth-order valence-electron chi connectivity index (χ4n) is 2.27. The summed E-state index contributed by atoms with van der Waals surface area (Å²) < 4.78 is 0. The number of β-amino-alcohol motifs (C(OH)–C–C–N with tert-alkyl or cyclic N) is 1. The van der Waals surface area contributed by atoms with Crippen LogP contribution in [0.25, 0.3) is 0 Å². The molecule has 0 aliphatic carbocycles. The third-order valence-corrected chi connectivity index (χ3v) is 2.97. The van der Waals surface area contributed by atoms with E-state index in [2.05, 4.69) is 10.2 Å². The Balaban J connectivity index is 2.10. The van der Waals surface area contributed by atoms with Gasteiger partial charge in [0.05, 0.1) is 17.9 Å². The van der Waals surface area contributed by atoms with Crippen molar-refractivity contribution in [2.24, 2.45) is 0 Å². The molecule has 2 atom stereocenters. The minimum absolute atomic E-state index is 0.0675. The summed E-state index contributed by atoms with van der Waals surface area (Å²) in [5.41, 5.74) is 0.544. The molecule has 0 spiro atoms. The van der Waals surface area contributed by atoms with Crippen LogP contribution in [0.15, 0.2) is 12.4 Å². The number of nitrogens with one attached hydrogen (secondary N) is 1. The van der Waals surface area contributed by atoms with Crippen LogP contribution in [0.4, 0.5) is 0 Å². The minimum Gasteiger partial charge on any atom is -0.391 e. The number of hydrogen-bond donors (Lipinski definition) is 2. The van der Waals surface area contributed by atoms with Gasteiger partial charge in [-0.2, -0.15) is 5.10 Å². The van der Waals surface area contributed by atoms with E-state index in [1.165, 1.54) is 6.20 Å². The van der Waals surface area contributed by atoms with Gasteiger partial charge in [-0.05, 0) is 20.5 Å². The molecule has 2 rings (SSSR count). The highest BCUT2D eigenvalue weighted by Gasteiger charge is 2.35. The van der Waals surface area contributed by atoms with Gasteiger partial charge in [-0.1, -0.05) is 0 Å². The van der Waals surface area contributed by atoms with E-state index >= 15 is 0 Å². The fraction of sp³-hybridized carbons (Fsp3) is 0.636. The van der Waals surface area contributed by atoms with Crippen molar-refractivity contribution in [2.75, 3.05) is 27.2 Å². The van der Waals surface area contributed by atoms with Crippen molar-refractivity contribution >= 4 is 5.91 Å². The maximum atomic E-state index is 12.2. The summed E-state index contributed by atoms with van der Waals surface area (Å²) in [6.07, 6.45) is 3.32. The molecule has 1 aliphatic rings. The van der Waals surface area contributed by atoms with Gasteiger partial charge in [0.25, 0.3) is 5.91 Å². The molecule has 1 saturated heterocycles. The Hall–Kier alpha value is -1.40. The first-order valence-corrected chi connectivity index (χ1v) is 5.70. The average molecular weight is 238 g/mol. The predicted octanol–water partition coefficient (Wildman–Crippen LogP) is -0.453. The molecule has 2 N–H and O–H groups in total. The highest BCUT2D eigenvalue weighted by atomic mass is 16.3. The Morgan fingerprint density at radius 1 is 1.71 bits per heavy atom. The lowest BCUT2D eigenvalue weighted by Crippen LogP contribution is -2.41. The van der Waals surface area contributed by atoms with Crippen molar-refractivity contribution in [3.05, 3.63) is 18.0 Å². The Labute approximate surface area is 100 Å². The van der Waals surface area contributed by atoms with E-state index in [-0.39, 0.29) is 11.9 Å². The number of aromatic amines is 1. The van der Waals surface area contributed by atoms with E-state index < -0.39 is 6.10 Å². The summed E-state index contributed by atoms with van der Waals surface area (Å²) >= 11 is 0. The van der Waals surface area contributed by atoms with Crippen molar-refractivity contribution < 1.29 is 9.90 Å². The van der Waals surface area contributed by atoms with Gasteiger partial charge in [0.2, 0.25) is 0 Å². The maximum Gasteiger partial charge on any atom is 0.257 e. The molecule has 0 bridgehead atoms. The van der Waals surface area contributed by atoms with Gasteiger partial charge in [-0.25, -0.2) is 0 Å². The van der Waals surface area contributed by atoms with E-state index in [1.54, 1.807) is 11.1 Å². The number of H-pyrrole nitrogens is 1. The van der Waals surface area contributed by atoms with Crippen LogP contribution in [0.3, 0.4) is 0 Å². The quantitative estimate of drug-likeness (QED) is 0.748. The number of nitrogens with zero attached hydrogens (tertiary/aromatic N) is 3. The standard InChI is InChI=1S/C11H18N4O2/c1-14(2)6-9-3-10(16)7-15(9)11(17)8-4-12-13-5-8/h4-5,9-10,16H,3,6-7H2,1-2H3,(H,12,13). The summed E-state index contributed by atoms with van der Waals surface area (Å²) in [6.45, 7) is 1.17. The lowest BCUT2D eigenvalue weighted by Gasteiger charge is -2.26. The molecule has 6 nitrogen and oxygen atoms in total. The summed E-state index contributed by atoms with van der Waals surface area (Å²) in [4.78, 5) is 15.9. The number of carbonyl (C=O) groups excluding carboxylic acids is 1. The molecule has 1 aromatic rings. The highest BCUT2D eigenvalue weighted by molar-refractivity contribution is 5.94. The van der Waals surface area contributed by atoms with E-state index in [0.29, 0.717) is 18.5 Å². The number of aromatic nitrogens is 2. The first-order chi connectivity index (χ1) is 8.08. The monoisotopic (exact) mass is 238 g/mol. The largest absolute Gasteiger partial charge is 0.391 e. The molecule has 2 heterocycles. The van der Waals surface area contributed by atoms with E-state index in [0.717, 1.165) is 6.54 Å². The van der Waals surface area contributed by atoms with Crippen LogP contribution in [0.1, 0.15) is 16.8 Å². The normalized spacial score (nSPS) is 24.6. The number of carbonyl (C=O) groups is 1. The SMILES string of the molecule is CN(C)CC1CC(O)CN1C(=O)c1cn[nH]c1. The molecule has 0 radical (unpaired) electrons. The fourth-order valence-corrected chi connectivity index (χ4v) is 2.27. The summed E-state index contributed by atoms with van der Waals surface area (Å²) in [6, 6.07) is 0.0717. The van der Waals surface area contributed by atoms with Crippen LogP contribution in [0.2, 0.25) is 0 Å². The Bertz CT molecular complexity index is 377. The zero-order valence-corrected chi connectivity index (χ0v) is 10.1. The van der Waals surface area contributed by atoms with Gasteiger partial charge >= 0.3 is 0 Å². The van der Waals surface area contributed by atoms with Crippen LogP contribution in [0.5, 0.6) is 0 Å². The third kappa shape index (κ3) is 2.65. The zero-order chi connectivity index (χ0) is 12.4. The smallest absolute Gasteiger partial charge is 0.257 e. The summed E-state index contributed by atoms with van der Waals surface area (Å²) in [5.74, 6) is -0.0675. The Morgan fingerprint density at radius 2 is 2.47 bits per heavy atom. The first kappa shape index (κ1) is 12.1. The molecule has 0 aromatic carbocycles. The number of hydrogen-bond acceptors (Lipinski definition) is 4. The van der Waals surface area contributed by atoms with Crippen LogP contribution in [-0.4, -0.2) is 70.3 Å². The number of aliphatic hydroxyl groups is 1. The molecular weight excluding hydrogens is 220 g/mol. The number of likely N-dealkylation sites (N-methyl/N-ethyl adjacent to an activating group) is 1. The number of aliphatic hydroxyl groups excluding tert-OH is 1. The van der Waals surface area contributed by atoms with Gasteiger partial charge in [0, 0.05) is 25.3 Å². The van der Waals surface area contributed by atoms with Gasteiger partial charge in [-0.3, -0.25) is 9.89 Å². The average Bonchev–Trinajstić information content (AvgIpc) is 2.85. The molecule has 1 aromatic heterocycles. The molecule has 1 fully saturated rings. The van der Waals surface area contributed by atoms with Crippen molar-refractivity contribution in [3.8, 4) is 0 Å². The summed E-state index contributed by atoms with van der Waals surface area (Å²) in [5, 5.41) is 16.1. The molecule has 94 valence electrons. The number of likely N-dealkylation sites (tertiary alicyclic amines) is 1. The molecule has 17 heavy (non-hydrogen) atoms. The van der Waals surface area contributed by atoms with Gasteiger partial charge in [0.15, 0.2) is 0 Å².